The summed E-state index contributed by atoms with van der Waals surface area (Å²) < 4.78 is 10.1. The predicted molar refractivity (Wildman–Crippen MR) is 91.4 cm³/mol. The molecule has 0 saturated carbocycles. The summed E-state index contributed by atoms with van der Waals surface area (Å²) in [7, 11) is 0. The lowest BCUT2D eigenvalue weighted by atomic mass is 10.1. The highest BCUT2D eigenvalue weighted by atomic mass is 35.5. The van der Waals surface area contributed by atoms with Gasteiger partial charge in [-0.15, -0.1) is 0 Å². The Labute approximate surface area is 150 Å². The number of halogens is 1. The summed E-state index contributed by atoms with van der Waals surface area (Å²) in [6, 6.07) is 4.10. The number of hydrogen-bond donors (Lipinski definition) is 0. The predicted octanol–water partition coefficient (Wildman–Crippen LogP) is 3.55. The third-order valence-electron chi connectivity index (χ3n) is 2.92. The fraction of sp³-hybridized carbons (Fsp3) is 0.500. The Bertz CT molecular complexity index is 657. The third kappa shape index (κ3) is 7.38. The molecule has 9 heteroatoms. The number of carbonyl (C=O) groups excluding carboxylic acids is 2. The number of nitro groups is 1. The molecule has 0 heterocycles. The number of nitrogens with zero attached hydrogens (tertiary/aromatic N) is 2. The lowest BCUT2D eigenvalue weighted by Gasteiger charge is -2.27. The SMILES string of the molecule is CC(=O)OCCN(Cc1cc(Cl)ccc1[N+](=O)[O-])C(=O)OC(C)(C)C. The van der Waals surface area contributed by atoms with Gasteiger partial charge in [-0.3, -0.25) is 14.9 Å². The van der Waals surface area contributed by atoms with Crippen molar-refractivity contribution in [1.82, 2.24) is 4.90 Å². The van der Waals surface area contributed by atoms with Gasteiger partial charge in [0.05, 0.1) is 23.6 Å². The molecule has 1 aromatic rings. The lowest BCUT2D eigenvalue weighted by Crippen LogP contribution is -2.38. The summed E-state index contributed by atoms with van der Waals surface area (Å²) in [6.07, 6.45) is -0.672. The lowest BCUT2D eigenvalue weighted by molar-refractivity contribution is -0.385. The fourth-order valence-electron chi connectivity index (χ4n) is 1.93. The number of benzene rings is 1. The van der Waals surface area contributed by atoms with E-state index < -0.39 is 22.6 Å². The second kappa shape index (κ2) is 8.66. The van der Waals surface area contributed by atoms with Crippen molar-refractivity contribution >= 4 is 29.4 Å². The summed E-state index contributed by atoms with van der Waals surface area (Å²) >= 11 is 5.91. The van der Waals surface area contributed by atoms with Crippen LogP contribution in [0.4, 0.5) is 10.5 Å². The standard InChI is InChI=1S/C16H21ClN2O6/c1-11(20)24-8-7-18(15(21)25-16(2,3)4)10-12-9-13(17)5-6-14(12)19(22)23/h5-6,9H,7-8,10H2,1-4H3. The van der Waals surface area contributed by atoms with Crippen molar-refractivity contribution in [2.75, 3.05) is 13.2 Å². The van der Waals surface area contributed by atoms with Crippen LogP contribution in [0.15, 0.2) is 18.2 Å². The minimum Gasteiger partial charge on any atom is -0.464 e. The van der Waals surface area contributed by atoms with Crippen molar-refractivity contribution in [2.45, 2.75) is 39.8 Å². The molecule has 0 aromatic heterocycles. The smallest absolute Gasteiger partial charge is 0.410 e. The minimum atomic E-state index is -0.739. The maximum Gasteiger partial charge on any atom is 0.410 e. The second-order valence-corrected chi connectivity index (χ2v) is 6.71. The van der Waals surface area contributed by atoms with Gasteiger partial charge in [0.15, 0.2) is 0 Å². The molecule has 0 saturated heterocycles. The van der Waals surface area contributed by atoms with Gasteiger partial charge in [-0.2, -0.15) is 0 Å². The van der Waals surface area contributed by atoms with Gasteiger partial charge in [0, 0.05) is 18.0 Å². The molecule has 0 unspecified atom stereocenters. The molecule has 0 aliphatic carbocycles. The Balaban J connectivity index is 3.03. The largest absolute Gasteiger partial charge is 0.464 e. The van der Waals surface area contributed by atoms with Gasteiger partial charge in [0.1, 0.15) is 12.2 Å². The van der Waals surface area contributed by atoms with Crippen LogP contribution in [-0.4, -0.2) is 40.6 Å². The van der Waals surface area contributed by atoms with Crippen molar-refractivity contribution < 1.29 is 24.0 Å². The fourth-order valence-corrected chi connectivity index (χ4v) is 2.12. The van der Waals surface area contributed by atoms with Crippen molar-refractivity contribution in [2.24, 2.45) is 0 Å². The first kappa shape index (κ1) is 20.7. The average Bonchev–Trinajstić information content (AvgIpc) is 2.43. The van der Waals surface area contributed by atoms with Crippen molar-refractivity contribution in [3.8, 4) is 0 Å². The van der Waals surface area contributed by atoms with Crippen LogP contribution in [0.1, 0.15) is 33.3 Å². The maximum atomic E-state index is 12.4. The molecule has 1 aromatic carbocycles. The van der Waals surface area contributed by atoms with Crippen molar-refractivity contribution in [3.05, 3.63) is 38.9 Å². The summed E-state index contributed by atoms with van der Waals surface area (Å²) in [5.74, 6) is -0.488. The summed E-state index contributed by atoms with van der Waals surface area (Å²) in [5.41, 5.74) is -0.645. The first-order valence-electron chi connectivity index (χ1n) is 7.53. The molecule has 8 nitrogen and oxygen atoms in total. The first-order chi connectivity index (χ1) is 11.5. The first-order valence-corrected chi connectivity index (χ1v) is 7.91. The van der Waals surface area contributed by atoms with Gasteiger partial charge in [-0.1, -0.05) is 11.6 Å². The Kier molecular flexibility index (Phi) is 7.17. The second-order valence-electron chi connectivity index (χ2n) is 6.27. The van der Waals surface area contributed by atoms with Crippen LogP contribution in [0.2, 0.25) is 5.02 Å². The molecule has 0 fully saturated rings. The van der Waals surface area contributed by atoms with E-state index in [1.807, 2.05) is 0 Å². The van der Waals surface area contributed by atoms with Crippen LogP contribution < -0.4 is 0 Å². The third-order valence-corrected chi connectivity index (χ3v) is 3.15. The summed E-state index contributed by atoms with van der Waals surface area (Å²) in [5, 5.41) is 11.5. The molecule has 0 radical (unpaired) electrons. The van der Waals surface area contributed by atoms with Gasteiger partial charge < -0.3 is 14.4 Å². The highest BCUT2D eigenvalue weighted by molar-refractivity contribution is 6.30. The number of hydrogen-bond acceptors (Lipinski definition) is 6. The number of esters is 1. The van der Waals surface area contributed by atoms with E-state index >= 15 is 0 Å². The molecule has 0 spiro atoms. The van der Waals surface area contributed by atoms with Gasteiger partial charge in [-0.25, -0.2) is 4.79 Å². The van der Waals surface area contributed by atoms with Gasteiger partial charge in [-0.05, 0) is 32.9 Å². The molecule has 138 valence electrons. The molecular weight excluding hydrogens is 352 g/mol. The molecule has 0 N–H and O–H groups in total. The molecule has 0 bridgehead atoms. The van der Waals surface area contributed by atoms with E-state index in [4.69, 9.17) is 21.1 Å². The van der Waals surface area contributed by atoms with Crippen molar-refractivity contribution in [3.63, 3.8) is 0 Å². The zero-order valence-corrected chi connectivity index (χ0v) is 15.3. The zero-order valence-electron chi connectivity index (χ0n) is 14.6. The molecule has 1 amide bonds. The van der Waals surface area contributed by atoms with Crippen LogP contribution in [-0.2, 0) is 20.8 Å². The Morgan fingerprint density at radius 3 is 2.48 bits per heavy atom. The monoisotopic (exact) mass is 372 g/mol. The van der Waals surface area contributed by atoms with Crippen molar-refractivity contribution in [1.29, 1.82) is 0 Å². The van der Waals surface area contributed by atoms with Crippen LogP contribution in [0.3, 0.4) is 0 Å². The summed E-state index contributed by atoms with van der Waals surface area (Å²) in [4.78, 5) is 35.1. The Morgan fingerprint density at radius 2 is 1.96 bits per heavy atom. The highest BCUT2D eigenvalue weighted by Crippen LogP contribution is 2.24. The van der Waals surface area contributed by atoms with E-state index in [0.717, 1.165) is 0 Å². The minimum absolute atomic E-state index is 0.0260. The number of carbonyl (C=O) groups is 2. The molecule has 1 rings (SSSR count). The molecule has 0 aliphatic heterocycles. The van der Waals surface area contributed by atoms with Crippen LogP contribution in [0.5, 0.6) is 0 Å². The van der Waals surface area contributed by atoms with E-state index in [9.17, 15) is 19.7 Å². The van der Waals surface area contributed by atoms with Crippen LogP contribution >= 0.6 is 11.6 Å². The van der Waals surface area contributed by atoms with E-state index in [1.54, 1.807) is 20.8 Å². The van der Waals surface area contributed by atoms with E-state index in [0.29, 0.717) is 5.02 Å². The van der Waals surface area contributed by atoms with E-state index in [2.05, 4.69) is 0 Å². The zero-order chi connectivity index (χ0) is 19.2. The maximum absolute atomic E-state index is 12.4. The number of ether oxygens (including phenoxy) is 2. The molecule has 25 heavy (non-hydrogen) atoms. The van der Waals surface area contributed by atoms with E-state index in [-0.39, 0.29) is 30.9 Å². The molecule has 0 aliphatic rings. The normalized spacial score (nSPS) is 10.9. The Hall–Kier alpha value is -2.35. The highest BCUT2D eigenvalue weighted by Gasteiger charge is 2.25. The topological polar surface area (TPSA) is 99.0 Å². The van der Waals surface area contributed by atoms with Gasteiger partial charge in [0.2, 0.25) is 0 Å². The van der Waals surface area contributed by atoms with E-state index in [1.165, 1.54) is 30.0 Å². The summed E-state index contributed by atoms with van der Waals surface area (Å²) in [6.45, 7) is 6.23. The average molecular weight is 373 g/mol. The molecular formula is C16H21ClN2O6. The number of nitro benzene ring substituents is 1. The van der Waals surface area contributed by atoms with Crippen LogP contribution in [0.25, 0.3) is 0 Å². The van der Waals surface area contributed by atoms with Crippen LogP contribution in [0, 0.1) is 10.1 Å². The number of amides is 1. The van der Waals surface area contributed by atoms with Gasteiger partial charge in [0.25, 0.3) is 5.69 Å². The van der Waals surface area contributed by atoms with Gasteiger partial charge >= 0.3 is 12.1 Å². The number of rotatable bonds is 6. The molecule has 0 atom stereocenters. The quantitative estimate of drug-likeness (QED) is 0.430. The Morgan fingerprint density at radius 1 is 1.32 bits per heavy atom.